The van der Waals surface area contributed by atoms with Crippen LogP contribution in [0.15, 0.2) is 23.0 Å². The van der Waals surface area contributed by atoms with Crippen LogP contribution in [0.3, 0.4) is 0 Å². The number of H-pyrrole nitrogens is 1. The van der Waals surface area contributed by atoms with Crippen molar-refractivity contribution >= 4 is 5.65 Å². The van der Waals surface area contributed by atoms with Gasteiger partial charge < -0.3 is 0 Å². The molecule has 4 heteroatoms. The molecule has 1 fully saturated rings. The van der Waals surface area contributed by atoms with Gasteiger partial charge in [-0.2, -0.15) is 0 Å². The van der Waals surface area contributed by atoms with Crippen LogP contribution in [0.1, 0.15) is 43.8 Å². The predicted octanol–water partition coefficient (Wildman–Crippen LogP) is 2.07. The second-order valence-corrected chi connectivity index (χ2v) is 4.50. The molecule has 0 aromatic carbocycles. The third-order valence-corrected chi connectivity index (χ3v) is 3.39. The number of hydrogen-bond donors (Lipinski definition) is 1. The molecule has 0 spiro atoms. The van der Waals surface area contributed by atoms with E-state index in [2.05, 4.69) is 10.1 Å². The van der Waals surface area contributed by atoms with Crippen molar-refractivity contribution in [2.75, 3.05) is 0 Å². The number of aromatic nitrogens is 3. The van der Waals surface area contributed by atoms with Gasteiger partial charge in [0, 0.05) is 12.0 Å². The Labute approximate surface area is 93.3 Å². The van der Waals surface area contributed by atoms with Gasteiger partial charge in [-0.1, -0.05) is 25.3 Å². The molecule has 0 saturated heterocycles. The maximum absolute atomic E-state index is 11.6. The first-order chi connectivity index (χ1) is 7.84. The van der Waals surface area contributed by atoms with Gasteiger partial charge in [0.15, 0.2) is 5.65 Å². The Kier molecular flexibility index (Phi) is 2.27. The maximum atomic E-state index is 11.6. The van der Waals surface area contributed by atoms with Gasteiger partial charge in [0.05, 0.1) is 0 Å². The fourth-order valence-electron chi connectivity index (χ4n) is 2.50. The lowest BCUT2D eigenvalue weighted by molar-refractivity contribution is 0.428. The molecule has 0 amide bonds. The molecule has 3 rings (SSSR count). The Balaban J connectivity index is 2.04. The van der Waals surface area contributed by atoms with E-state index in [0.717, 1.165) is 11.5 Å². The molecule has 2 aromatic heterocycles. The van der Waals surface area contributed by atoms with Crippen molar-refractivity contribution in [3.05, 3.63) is 34.4 Å². The smallest absolute Gasteiger partial charge is 0.271 e. The average molecular weight is 217 g/mol. The topological polar surface area (TPSA) is 50.2 Å². The zero-order chi connectivity index (χ0) is 11.0. The van der Waals surface area contributed by atoms with Crippen LogP contribution in [-0.4, -0.2) is 14.6 Å². The van der Waals surface area contributed by atoms with Crippen LogP contribution in [0, 0.1) is 0 Å². The summed E-state index contributed by atoms with van der Waals surface area (Å²) in [5.74, 6) is 1.48. The zero-order valence-corrected chi connectivity index (χ0v) is 9.15. The van der Waals surface area contributed by atoms with E-state index >= 15 is 0 Å². The molecule has 1 N–H and O–H groups in total. The molecule has 0 aliphatic heterocycles. The van der Waals surface area contributed by atoms with Gasteiger partial charge in [0.2, 0.25) is 0 Å². The third kappa shape index (κ3) is 1.54. The largest absolute Gasteiger partial charge is 0.276 e. The number of nitrogens with zero attached hydrogens (tertiary/aromatic N) is 2. The molecule has 0 radical (unpaired) electrons. The average Bonchev–Trinajstić information content (AvgIpc) is 2.76. The highest BCUT2D eigenvalue weighted by Gasteiger charge is 2.18. The minimum atomic E-state index is -0.0351. The van der Waals surface area contributed by atoms with Crippen LogP contribution in [0.4, 0.5) is 0 Å². The summed E-state index contributed by atoms with van der Waals surface area (Å²) >= 11 is 0. The molecule has 1 aliphatic rings. The minimum absolute atomic E-state index is 0.0351. The van der Waals surface area contributed by atoms with Crippen LogP contribution >= 0.6 is 0 Å². The molecule has 1 aliphatic carbocycles. The van der Waals surface area contributed by atoms with Crippen molar-refractivity contribution in [1.82, 2.24) is 14.6 Å². The van der Waals surface area contributed by atoms with E-state index in [0.29, 0.717) is 5.92 Å². The highest BCUT2D eigenvalue weighted by molar-refractivity contribution is 5.36. The molecule has 0 bridgehead atoms. The summed E-state index contributed by atoms with van der Waals surface area (Å²) in [7, 11) is 0. The summed E-state index contributed by atoms with van der Waals surface area (Å²) < 4.78 is 1.53. The molecule has 0 unspecified atom stereocenters. The van der Waals surface area contributed by atoms with E-state index in [-0.39, 0.29) is 5.56 Å². The first-order valence-electron chi connectivity index (χ1n) is 5.92. The van der Waals surface area contributed by atoms with Gasteiger partial charge in [-0.3, -0.25) is 9.89 Å². The van der Waals surface area contributed by atoms with Gasteiger partial charge in [-0.05, 0) is 18.9 Å². The molecule has 84 valence electrons. The monoisotopic (exact) mass is 217 g/mol. The lowest BCUT2D eigenvalue weighted by atomic mass is 9.89. The quantitative estimate of drug-likeness (QED) is 0.795. The number of hydrogen-bond acceptors (Lipinski definition) is 2. The van der Waals surface area contributed by atoms with Crippen molar-refractivity contribution in [3.63, 3.8) is 0 Å². The summed E-state index contributed by atoms with van der Waals surface area (Å²) in [6.45, 7) is 0. The maximum Gasteiger partial charge on any atom is 0.271 e. The van der Waals surface area contributed by atoms with Gasteiger partial charge in [-0.15, -0.1) is 0 Å². The lowest BCUT2D eigenvalue weighted by Gasteiger charge is -2.18. The number of pyridine rings is 1. The normalized spacial score (nSPS) is 18.0. The Bertz CT molecular complexity index is 549. The molecule has 2 aromatic rings. The molecular formula is C12H15N3O. The van der Waals surface area contributed by atoms with Crippen LogP contribution in [0.25, 0.3) is 5.65 Å². The Hall–Kier alpha value is -1.58. The van der Waals surface area contributed by atoms with Gasteiger partial charge in [-0.25, -0.2) is 9.50 Å². The number of aromatic amines is 1. The summed E-state index contributed by atoms with van der Waals surface area (Å²) in [6.07, 6.45) is 6.26. The molecule has 1 saturated carbocycles. The van der Waals surface area contributed by atoms with E-state index in [9.17, 15) is 4.79 Å². The minimum Gasteiger partial charge on any atom is -0.276 e. The van der Waals surface area contributed by atoms with Gasteiger partial charge in [0.25, 0.3) is 5.56 Å². The molecular weight excluding hydrogens is 202 g/mol. The highest BCUT2D eigenvalue weighted by Crippen LogP contribution is 2.30. The number of rotatable bonds is 1. The fraction of sp³-hybridized carbons (Fsp3) is 0.500. The predicted molar refractivity (Wildman–Crippen MR) is 61.6 cm³/mol. The van der Waals surface area contributed by atoms with E-state index < -0.39 is 0 Å². The zero-order valence-electron chi connectivity index (χ0n) is 9.15. The van der Waals surface area contributed by atoms with E-state index in [1.807, 2.05) is 6.07 Å². The van der Waals surface area contributed by atoms with Crippen molar-refractivity contribution in [1.29, 1.82) is 0 Å². The molecule has 4 nitrogen and oxygen atoms in total. The second kappa shape index (κ2) is 3.77. The first-order valence-corrected chi connectivity index (χ1v) is 5.92. The van der Waals surface area contributed by atoms with Crippen LogP contribution in [0.5, 0.6) is 0 Å². The summed E-state index contributed by atoms with van der Waals surface area (Å²) in [5, 5.41) is 3.13. The van der Waals surface area contributed by atoms with Crippen molar-refractivity contribution in [3.8, 4) is 0 Å². The van der Waals surface area contributed by atoms with Crippen LogP contribution in [0.2, 0.25) is 0 Å². The molecule has 2 heterocycles. The Morgan fingerprint density at radius 2 is 2.06 bits per heavy atom. The summed E-state index contributed by atoms with van der Waals surface area (Å²) in [6, 6.07) is 5.17. The van der Waals surface area contributed by atoms with E-state index in [1.165, 1.54) is 36.6 Å². The van der Waals surface area contributed by atoms with Crippen molar-refractivity contribution in [2.24, 2.45) is 0 Å². The Morgan fingerprint density at radius 3 is 2.81 bits per heavy atom. The summed E-state index contributed by atoms with van der Waals surface area (Å²) in [4.78, 5) is 16.1. The molecule has 0 atom stereocenters. The van der Waals surface area contributed by atoms with Gasteiger partial charge >= 0.3 is 0 Å². The van der Waals surface area contributed by atoms with Gasteiger partial charge in [0.1, 0.15) is 5.82 Å². The van der Waals surface area contributed by atoms with Crippen molar-refractivity contribution < 1.29 is 0 Å². The lowest BCUT2D eigenvalue weighted by Crippen LogP contribution is -2.12. The number of nitrogens with one attached hydrogen (secondary N) is 1. The van der Waals surface area contributed by atoms with E-state index in [1.54, 1.807) is 12.1 Å². The van der Waals surface area contributed by atoms with Crippen LogP contribution < -0.4 is 5.56 Å². The number of fused-ring (bicyclic) bond motifs is 1. The first kappa shape index (κ1) is 9.63. The Morgan fingerprint density at radius 1 is 1.25 bits per heavy atom. The second-order valence-electron chi connectivity index (χ2n) is 4.50. The van der Waals surface area contributed by atoms with Crippen molar-refractivity contribution in [2.45, 2.75) is 38.0 Å². The third-order valence-electron chi connectivity index (χ3n) is 3.39. The van der Waals surface area contributed by atoms with E-state index in [4.69, 9.17) is 0 Å². The molecule has 16 heavy (non-hydrogen) atoms. The standard InChI is InChI=1S/C12H15N3O/c16-11-8-4-7-10-13-12(14-15(10)11)9-5-2-1-3-6-9/h4,7-9H,1-3,5-6H2,(H,13,14). The fourth-order valence-corrected chi connectivity index (χ4v) is 2.50. The summed E-state index contributed by atoms with van der Waals surface area (Å²) in [5.41, 5.74) is 0.695. The van der Waals surface area contributed by atoms with Crippen LogP contribution in [-0.2, 0) is 0 Å². The SMILES string of the molecule is O=c1cccc2nc(C3CCCCC3)[nH]n12. The highest BCUT2D eigenvalue weighted by atomic mass is 16.1.